The second kappa shape index (κ2) is 5.68. The number of rotatable bonds is 3. The van der Waals surface area contributed by atoms with E-state index in [9.17, 15) is 9.59 Å². The van der Waals surface area contributed by atoms with Crippen LogP contribution in [0.15, 0.2) is 35.3 Å². The Hall–Kier alpha value is -2.17. The number of hydrogen-bond acceptors (Lipinski definition) is 3. The molecule has 0 spiro atoms. The first-order valence-corrected chi connectivity index (χ1v) is 9.41. The van der Waals surface area contributed by atoms with E-state index in [1.54, 1.807) is 12.3 Å². The van der Waals surface area contributed by atoms with Crippen LogP contribution in [0.3, 0.4) is 0 Å². The highest BCUT2D eigenvalue weighted by Gasteiger charge is 2.48. The minimum absolute atomic E-state index is 0.00641. The van der Waals surface area contributed by atoms with Gasteiger partial charge in [0.05, 0.1) is 11.6 Å². The van der Waals surface area contributed by atoms with Gasteiger partial charge in [-0.05, 0) is 61.8 Å². The number of carbonyl (C=O) groups excluding carboxylic acids is 1. The Labute approximate surface area is 146 Å². The van der Waals surface area contributed by atoms with Crippen LogP contribution in [0, 0.1) is 23.7 Å². The first-order chi connectivity index (χ1) is 12.2. The molecule has 0 atom stereocenters. The van der Waals surface area contributed by atoms with E-state index in [2.05, 4.69) is 10.4 Å². The molecule has 1 N–H and O–H groups in total. The van der Waals surface area contributed by atoms with Crippen LogP contribution in [-0.2, 0) is 11.3 Å². The third-order valence-electron chi connectivity index (χ3n) is 6.61. The summed E-state index contributed by atoms with van der Waals surface area (Å²) in [5.74, 6) is 2.98. The van der Waals surface area contributed by atoms with Crippen molar-refractivity contribution in [1.82, 2.24) is 15.1 Å². The van der Waals surface area contributed by atoms with Gasteiger partial charge < -0.3 is 5.32 Å². The average molecular weight is 337 g/mol. The molecule has 4 saturated carbocycles. The van der Waals surface area contributed by atoms with Crippen LogP contribution in [0.4, 0.5) is 0 Å². The lowest BCUT2D eigenvalue weighted by atomic mass is 9.54. The van der Waals surface area contributed by atoms with Crippen LogP contribution in [-0.4, -0.2) is 21.7 Å². The summed E-state index contributed by atoms with van der Waals surface area (Å²) in [4.78, 5) is 25.1. The molecule has 1 heterocycles. The fraction of sp³-hybridized carbons (Fsp3) is 0.550. The number of nitrogens with zero attached hydrogens (tertiary/aromatic N) is 2. The van der Waals surface area contributed by atoms with Crippen molar-refractivity contribution in [2.75, 3.05) is 0 Å². The zero-order valence-electron chi connectivity index (χ0n) is 14.2. The predicted molar refractivity (Wildman–Crippen MR) is 95.0 cm³/mol. The maximum absolute atomic E-state index is 12.6. The molecule has 4 bridgehead atoms. The Kier molecular flexibility index (Phi) is 3.43. The normalized spacial score (nSPS) is 32.9. The lowest BCUT2D eigenvalue weighted by molar-refractivity contribution is -0.125. The van der Waals surface area contributed by atoms with Crippen molar-refractivity contribution in [3.8, 4) is 0 Å². The molecule has 0 radical (unpaired) electrons. The zero-order valence-corrected chi connectivity index (χ0v) is 14.2. The molecular weight excluding hydrogens is 314 g/mol. The number of fused-ring (bicyclic) bond motifs is 1. The maximum atomic E-state index is 12.6. The summed E-state index contributed by atoms with van der Waals surface area (Å²) in [7, 11) is 0. The van der Waals surface area contributed by atoms with Crippen molar-refractivity contribution in [2.45, 2.75) is 44.7 Å². The molecule has 1 aromatic heterocycles. The monoisotopic (exact) mass is 337 g/mol. The summed E-state index contributed by atoms with van der Waals surface area (Å²) >= 11 is 0. The van der Waals surface area contributed by atoms with Gasteiger partial charge >= 0.3 is 0 Å². The SMILES string of the molecule is O=C(Cn1ncc2ccccc2c1=O)NC1C2CC3CC(C2)CC1C3. The summed E-state index contributed by atoms with van der Waals surface area (Å²) in [5, 5.41) is 8.84. The Balaban J connectivity index is 1.33. The molecule has 0 aliphatic heterocycles. The Morgan fingerprint density at radius 2 is 1.76 bits per heavy atom. The van der Waals surface area contributed by atoms with Crippen LogP contribution in [0.2, 0.25) is 0 Å². The van der Waals surface area contributed by atoms with Crippen LogP contribution >= 0.6 is 0 Å². The van der Waals surface area contributed by atoms with Crippen LogP contribution < -0.4 is 10.9 Å². The fourth-order valence-corrected chi connectivity index (χ4v) is 5.77. The first-order valence-electron chi connectivity index (χ1n) is 9.41. The minimum atomic E-state index is -0.196. The van der Waals surface area contributed by atoms with Crippen molar-refractivity contribution in [1.29, 1.82) is 0 Å². The largest absolute Gasteiger partial charge is 0.351 e. The molecule has 130 valence electrons. The molecule has 5 heteroatoms. The Morgan fingerprint density at radius 3 is 2.48 bits per heavy atom. The lowest BCUT2D eigenvalue weighted by Crippen LogP contribution is -2.56. The fourth-order valence-electron chi connectivity index (χ4n) is 5.77. The summed E-state index contributed by atoms with van der Waals surface area (Å²) in [6.07, 6.45) is 8.15. The topological polar surface area (TPSA) is 64.0 Å². The Morgan fingerprint density at radius 1 is 1.08 bits per heavy atom. The van der Waals surface area contributed by atoms with Crippen LogP contribution in [0.25, 0.3) is 10.8 Å². The summed E-state index contributed by atoms with van der Waals surface area (Å²) in [6.45, 7) is 0.00641. The summed E-state index contributed by atoms with van der Waals surface area (Å²) < 4.78 is 1.29. The average Bonchev–Trinajstić information content (AvgIpc) is 2.60. The van der Waals surface area contributed by atoms with Gasteiger partial charge in [-0.3, -0.25) is 9.59 Å². The molecule has 6 rings (SSSR count). The summed E-state index contributed by atoms with van der Waals surface area (Å²) in [6, 6.07) is 7.67. The van der Waals surface area contributed by atoms with Gasteiger partial charge in [-0.1, -0.05) is 18.2 Å². The van der Waals surface area contributed by atoms with Gasteiger partial charge in [-0.2, -0.15) is 5.10 Å². The van der Waals surface area contributed by atoms with Crippen molar-refractivity contribution in [3.05, 3.63) is 40.8 Å². The van der Waals surface area contributed by atoms with E-state index < -0.39 is 0 Å². The number of nitrogens with one attached hydrogen (secondary N) is 1. The molecule has 5 nitrogen and oxygen atoms in total. The van der Waals surface area contributed by atoms with Gasteiger partial charge in [0.1, 0.15) is 6.54 Å². The van der Waals surface area contributed by atoms with E-state index >= 15 is 0 Å². The van der Waals surface area contributed by atoms with Crippen molar-refractivity contribution in [3.63, 3.8) is 0 Å². The van der Waals surface area contributed by atoms with E-state index in [0.717, 1.165) is 17.2 Å². The molecule has 1 amide bonds. The first kappa shape index (κ1) is 15.1. The third-order valence-corrected chi connectivity index (χ3v) is 6.61. The third kappa shape index (κ3) is 2.57. The van der Waals surface area contributed by atoms with Crippen LogP contribution in [0.1, 0.15) is 32.1 Å². The zero-order chi connectivity index (χ0) is 17.0. The summed E-state index contributed by atoms with van der Waals surface area (Å²) in [5.41, 5.74) is -0.196. The van der Waals surface area contributed by atoms with E-state index in [4.69, 9.17) is 0 Å². The molecule has 25 heavy (non-hydrogen) atoms. The Bertz CT molecular complexity index is 860. The van der Waals surface area contributed by atoms with Gasteiger partial charge in [0, 0.05) is 11.4 Å². The molecule has 4 fully saturated rings. The lowest BCUT2D eigenvalue weighted by Gasteiger charge is -2.54. The minimum Gasteiger partial charge on any atom is -0.351 e. The number of hydrogen-bond donors (Lipinski definition) is 1. The quantitative estimate of drug-likeness (QED) is 0.935. The standard InChI is InChI=1S/C20H23N3O2/c24-18(11-23-20(25)17-4-2-1-3-14(17)10-21-23)22-19-15-6-12-5-13(8-15)9-16(19)7-12/h1-4,10,12-13,15-16,19H,5-9,11H2,(H,22,24). The molecule has 4 aliphatic carbocycles. The highest BCUT2D eigenvalue weighted by molar-refractivity contribution is 5.81. The van der Waals surface area contributed by atoms with Gasteiger partial charge in [0.25, 0.3) is 5.56 Å². The van der Waals surface area contributed by atoms with E-state index in [1.165, 1.54) is 36.8 Å². The molecule has 4 aliphatic rings. The number of aromatic nitrogens is 2. The van der Waals surface area contributed by atoms with Crippen molar-refractivity contribution < 1.29 is 4.79 Å². The highest BCUT2D eigenvalue weighted by Crippen LogP contribution is 2.53. The van der Waals surface area contributed by atoms with Crippen molar-refractivity contribution >= 4 is 16.7 Å². The smallest absolute Gasteiger partial charge is 0.275 e. The number of benzene rings is 1. The molecule has 0 unspecified atom stereocenters. The second-order valence-electron chi connectivity index (χ2n) is 8.22. The second-order valence-corrected chi connectivity index (χ2v) is 8.22. The maximum Gasteiger partial charge on any atom is 0.275 e. The molecule has 2 aromatic rings. The van der Waals surface area contributed by atoms with E-state index in [0.29, 0.717) is 23.3 Å². The molecule has 0 saturated heterocycles. The molecular formula is C20H23N3O2. The van der Waals surface area contributed by atoms with Crippen molar-refractivity contribution in [2.24, 2.45) is 23.7 Å². The molecule has 1 aromatic carbocycles. The van der Waals surface area contributed by atoms with Crippen LogP contribution in [0.5, 0.6) is 0 Å². The number of amides is 1. The van der Waals surface area contributed by atoms with Gasteiger partial charge in [-0.15, -0.1) is 0 Å². The van der Waals surface area contributed by atoms with Gasteiger partial charge in [0.15, 0.2) is 0 Å². The van der Waals surface area contributed by atoms with E-state index in [1.807, 2.05) is 18.2 Å². The van der Waals surface area contributed by atoms with E-state index in [-0.39, 0.29) is 18.0 Å². The van der Waals surface area contributed by atoms with Gasteiger partial charge in [-0.25, -0.2) is 4.68 Å². The highest BCUT2D eigenvalue weighted by atomic mass is 16.2. The number of carbonyl (C=O) groups is 1. The predicted octanol–water partition coefficient (Wildman–Crippen LogP) is 2.34. The van der Waals surface area contributed by atoms with Gasteiger partial charge in [0.2, 0.25) is 5.91 Å².